The molecule has 0 aliphatic rings. The Balaban J connectivity index is 2.06. The van der Waals surface area contributed by atoms with Crippen LogP contribution in [0, 0.1) is 12.3 Å². The van der Waals surface area contributed by atoms with E-state index in [4.69, 9.17) is 0 Å². The molecule has 2 amide bonds. The molecule has 0 fully saturated rings. The first-order chi connectivity index (χ1) is 10.8. The second-order valence-corrected chi connectivity index (χ2v) is 6.84. The van der Waals surface area contributed by atoms with E-state index in [9.17, 15) is 4.79 Å². The fourth-order valence-electron chi connectivity index (χ4n) is 2.47. The molecule has 6 nitrogen and oxygen atoms in total. The predicted octanol–water partition coefficient (Wildman–Crippen LogP) is 2.71. The summed E-state index contributed by atoms with van der Waals surface area (Å²) in [6.07, 6.45) is 1.47. The van der Waals surface area contributed by atoms with Crippen molar-refractivity contribution in [1.29, 1.82) is 0 Å². The van der Waals surface area contributed by atoms with Crippen LogP contribution in [0.1, 0.15) is 43.8 Å². The van der Waals surface area contributed by atoms with Crippen LogP contribution in [0.3, 0.4) is 0 Å². The Morgan fingerprint density at radius 2 is 2.09 bits per heavy atom. The van der Waals surface area contributed by atoms with Gasteiger partial charge in [0.25, 0.3) is 0 Å². The molecule has 2 N–H and O–H groups in total. The van der Waals surface area contributed by atoms with Gasteiger partial charge in [0.05, 0.1) is 12.6 Å². The molecule has 0 bridgehead atoms. The van der Waals surface area contributed by atoms with E-state index < -0.39 is 0 Å². The quantitative estimate of drug-likeness (QED) is 0.911. The highest BCUT2D eigenvalue weighted by molar-refractivity contribution is 5.74. The first-order valence-corrected chi connectivity index (χ1v) is 7.71. The number of amides is 2. The Morgan fingerprint density at radius 3 is 2.65 bits per heavy atom. The second kappa shape index (κ2) is 6.81. The van der Waals surface area contributed by atoms with Gasteiger partial charge in [0.2, 0.25) is 0 Å². The average Bonchev–Trinajstić information content (AvgIpc) is 2.86. The van der Waals surface area contributed by atoms with Crippen molar-refractivity contribution in [2.75, 3.05) is 0 Å². The summed E-state index contributed by atoms with van der Waals surface area (Å²) in [5.74, 6) is 0.711. The number of aryl methyl sites for hydroxylation is 2. The lowest BCUT2D eigenvalue weighted by Gasteiger charge is -2.32. The molecule has 0 saturated heterocycles. The lowest BCUT2D eigenvalue weighted by atomic mass is 9.82. The number of hydrogen-bond acceptors (Lipinski definition) is 3. The van der Waals surface area contributed by atoms with Crippen LogP contribution in [0.4, 0.5) is 4.79 Å². The summed E-state index contributed by atoms with van der Waals surface area (Å²) in [7, 11) is 1.80. The molecule has 0 spiro atoms. The van der Waals surface area contributed by atoms with Gasteiger partial charge in [-0.2, -0.15) is 5.10 Å². The molecule has 1 aromatic carbocycles. The van der Waals surface area contributed by atoms with Crippen LogP contribution >= 0.6 is 0 Å². The van der Waals surface area contributed by atoms with Gasteiger partial charge in [0.15, 0.2) is 0 Å². The fourth-order valence-corrected chi connectivity index (χ4v) is 2.47. The summed E-state index contributed by atoms with van der Waals surface area (Å²) in [6.45, 7) is 8.74. The zero-order valence-electron chi connectivity index (χ0n) is 14.4. The number of carbonyl (C=O) groups is 1. The van der Waals surface area contributed by atoms with Crippen LogP contribution in [0.5, 0.6) is 0 Å². The largest absolute Gasteiger partial charge is 0.331 e. The maximum absolute atomic E-state index is 12.3. The highest BCUT2D eigenvalue weighted by atomic mass is 16.2. The second-order valence-electron chi connectivity index (χ2n) is 6.84. The topological polar surface area (TPSA) is 71.8 Å². The van der Waals surface area contributed by atoms with Crippen molar-refractivity contribution in [2.45, 2.75) is 40.3 Å². The zero-order valence-corrected chi connectivity index (χ0v) is 14.4. The number of aromatic nitrogens is 3. The van der Waals surface area contributed by atoms with Crippen molar-refractivity contribution in [3.05, 3.63) is 47.5 Å². The summed E-state index contributed by atoms with van der Waals surface area (Å²) in [5.41, 5.74) is 2.18. The van der Waals surface area contributed by atoms with Crippen molar-refractivity contribution in [1.82, 2.24) is 25.4 Å². The summed E-state index contributed by atoms with van der Waals surface area (Å²) in [4.78, 5) is 16.4. The van der Waals surface area contributed by atoms with Crippen LogP contribution in [0.25, 0.3) is 0 Å². The van der Waals surface area contributed by atoms with Gasteiger partial charge in [-0.15, -0.1) is 0 Å². The van der Waals surface area contributed by atoms with Crippen LogP contribution in [-0.4, -0.2) is 20.8 Å². The van der Waals surface area contributed by atoms with E-state index in [-0.39, 0.29) is 17.5 Å². The summed E-state index contributed by atoms with van der Waals surface area (Å²) in [5, 5.41) is 9.90. The van der Waals surface area contributed by atoms with Gasteiger partial charge in [-0.1, -0.05) is 50.6 Å². The molecule has 124 valence electrons. The summed E-state index contributed by atoms with van der Waals surface area (Å²) in [6, 6.07) is 7.93. The number of hydrogen-bond donors (Lipinski definition) is 2. The number of rotatable bonds is 4. The monoisotopic (exact) mass is 315 g/mol. The molecule has 6 heteroatoms. The smallest absolute Gasteiger partial charge is 0.315 e. The lowest BCUT2D eigenvalue weighted by Crippen LogP contribution is -2.42. The van der Waals surface area contributed by atoms with Crippen LogP contribution in [-0.2, 0) is 13.6 Å². The minimum atomic E-state index is -0.213. The van der Waals surface area contributed by atoms with Crippen molar-refractivity contribution >= 4 is 6.03 Å². The molecular weight excluding hydrogens is 290 g/mol. The van der Waals surface area contributed by atoms with Crippen LogP contribution in [0.2, 0.25) is 0 Å². The minimum Gasteiger partial charge on any atom is -0.331 e. The highest BCUT2D eigenvalue weighted by Crippen LogP contribution is 2.32. The van der Waals surface area contributed by atoms with Crippen LogP contribution < -0.4 is 10.6 Å². The fraction of sp³-hybridized carbons (Fsp3) is 0.471. The average molecular weight is 315 g/mol. The SMILES string of the molecule is Cc1cccc(C(NC(=O)NCc2ncnn2C)C(C)(C)C)c1. The number of nitrogens with one attached hydrogen (secondary N) is 2. The van der Waals surface area contributed by atoms with Gasteiger partial charge >= 0.3 is 6.03 Å². The van der Waals surface area contributed by atoms with Crippen LogP contribution in [0.15, 0.2) is 30.6 Å². The number of urea groups is 1. The molecule has 0 saturated carbocycles. The lowest BCUT2D eigenvalue weighted by molar-refractivity contribution is 0.218. The van der Waals surface area contributed by atoms with E-state index in [1.54, 1.807) is 11.7 Å². The Morgan fingerprint density at radius 1 is 1.35 bits per heavy atom. The molecule has 2 aromatic rings. The van der Waals surface area contributed by atoms with Crippen molar-refractivity contribution in [2.24, 2.45) is 12.5 Å². The molecule has 0 radical (unpaired) electrons. The van der Waals surface area contributed by atoms with E-state index in [1.807, 2.05) is 12.1 Å². The third kappa shape index (κ3) is 4.55. The number of benzene rings is 1. The summed E-state index contributed by atoms with van der Waals surface area (Å²) < 4.78 is 1.64. The maximum atomic E-state index is 12.3. The number of nitrogens with zero attached hydrogens (tertiary/aromatic N) is 3. The third-order valence-corrected chi connectivity index (χ3v) is 3.73. The van der Waals surface area contributed by atoms with Gasteiger partial charge in [0, 0.05) is 7.05 Å². The molecule has 0 aliphatic heterocycles. The molecule has 0 aliphatic carbocycles. The van der Waals surface area contributed by atoms with E-state index >= 15 is 0 Å². The number of carbonyl (C=O) groups excluding carboxylic acids is 1. The Bertz CT molecular complexity index is 672. The molecule has 1 atom stereocenters. The summed E-state index contributed by atoms with van der Waals surface area (Å²) >= 11 is 0. The molecule has 1 aromatic heterocycles. The molecule has 1 heterocycles. The van der Waals surface area contributed by atoms with E-state index in [0.29, 0.717) is 12.4 Å². The molecule has 2 rings (SSSR count). The van der Waals surface area contributed by atoms with Crippen molar-refractivity contribution in [3.8, 4) is 0 Å². The van der Waals surface area contributed by atoms with E-state index in [0.717, 1.165) is 5.56 Å². The zero-order chi connectivity index (χ0) is 17.0. The first kappa shape index (κ1) is 17.0. The van der Waals surface area contributed by atoms with Gasteiger partial charge in [0.1, 0.15) is 12.2 Å². The third-order valence-electron chi connectivity index (χ3n) is 3.73. The first-order valence-electron chi connectivity index (χ1n) is 7.71. The highest BCUT2D eigenvalue weighted by Gasteiger charge is 2.27. The van der Waals surface area contributed by atoms with Gasteiger partial charge in [-0.3, -0.25) is 4.68 Å². The minimum absolute atomic E-state index is 0.0816. The maximum Gasteiger partial charge on any atom is 0.315 e. The normalized spacial score (nSPS) is 12.7. The van der Waals surface area contributed by atoms with Crippen molar-refractivity contribution in [3.63, 3.8) is 0 Å². The van der Waals surface area contributed by atoms with Crippen molar-refractivity contribution < 1.29 is 4.79 Å². The van der Waals surface area contributed by atoms with Gasteiger partial charge in [-0.05, 0) is 17.9 Å². The standard InChI is InChI=1S/C17H25N5O/c1-12-7-6-8-13(9-12)15(17(2,3)4)21-16(23)18-10-14-19-11-20-22(14)5/h6-9,11,15H,10H2,1-5H3,(H2,18,21,23). The van der Waals surface area contributed by atoms with Gasteiger partial charge < -0.3 is 10.6 Å². The van der Waals surface area contributed by atoms with E-state index in [1.165, 1.54) is 11.9 Å². The molecule has 1 unspecified atom stereocenters. The Kier molecular flexibility index (Phi) is 5.03. The molecule has 23 heavy (non-hydrogen) atoms. The molecular formula is C17H25N5O. The van der Waals surface area contributed by atoms with E-state index in [2.05, 4.69) is 60.5 Å². The Hall–Kier alpha value is -2.37. The Labute approximate surface area is 137 Å². The predicted molar refractivity (Wildman–Crippen MR) is 89.7 cm³/mol. The van der Waals surface area contributed by atoms with Gasteiger partial charge in [-0.25, -0.2) is 9.78 Å².